The summed E-state index contributed by atoms with van der Waals surface area (Å²) in [5.74, 6) is -0.415. The van der Waals surface area contributed by atoms with Crippen molar-refractivity contribution < 1.29 is 14.1 Å². The summed E-state index contributed by atoms with van der Waals surface area (Å²) in [6.45, 7) is 2.01. The number of hydrogen-bond donors (Lipinski definition) is 0. The highest BCUT2D eigenvalue weighted by Gasteiger charge is 2.29. The van der Waals surface area contributed by atoms with E-state index in [-0.39, 0.29) is 5.69 Å². The molecule has 1 aliphatic rings. The molecule has 0 fully saturated rings. The summed E-state index contributed by atoms with van der Waals surface area (Å²) in [6.07, 6.45) is 1.51. The van der Waals surface area contributed by atoms with Crippen molar-refractivity contribution in [2.24, 2.45) is 5.10 Å². The number of aryl methyl sites for hydroxylation is 1. The number of hydrazone groups is 1. The summed E-state index contributed by atoms with van der Waals surface area (Å²) < 4.78 is 13.4. The van der Waals surface area contributed by atoms with Crippen LogP contribution >= 0.6 is 0 Å². The lowest BCUT2D eigenvalue weighted by atomic mass is 10.1. The van der Waals surface area contributed by atoms with E-state index in [0.717, 1.165) is 11.8 Å². The molecular formula is C17H15FN4O3. The van der Waals surface area contributed by atoms with Crippen molar-refractivity contribution in [1.29, 1.82) is 0 Å². The molecule has 1 atom stereocenters. The van der Waals surface area contributed by atoms with Gasteiger partial charge in [0.1, 0.15) is 12.2 Å². The van der Waals surface area contributed by atoms with Gasteiger partial charge in [0.2, 0.25) is 0 Å². The highest BCUT2D eigenvalue weighted by Crippen LogP contribution is 2.25. The monoisotopic (exact) mass is 342 g/mol. The largest absolute Gasteiger partial charge is 0.329 e. The Bertz CT molecular complexity index is 856. The van der Waals surface area contributed by atoms with Crippen LogP contribution in [0.5, 0.6) is 0 Å². The van der Waals surface area contributed by atoms with Crippen LogP contribution in [0.1, 0.15) is 11.1 Å². The van der Waals surface area contributed by atoms with Crippen molar-refractivity contribution >= 4 is 24.0 Å². The summed E-state index contributed by atoms with van der Waals surface area (Å²) in [4.78, 5) is 23.7. The van der Waals surface area contributed by atoms with E-state index in [9.17, 15) is 19.3 Å². The van der Waals surface area contributed by atoms with Crippen LogP contribution < -0.4 is 5.01 Å². The van der Waals surface area contributed by atoms with Crippen LogP contribution in [0.2, 0.25) is 0 Å². The Hall–Kier alpha value is -3.29. The van der Waals surface area contributed by atoms with Gasteiger partial charge in [0.15, 0.2) is 12.5 Å². The van der Waals surface area contributed by atoms with Crippen molar-refractivity contribution in [1.82, 2.24) is 4.90 Å². The maximum absolute atomic E-state index is 13.4. The first-order valence-corrected chi connectivity index (χ1v) is 7.53. The van der Waals surface area contributed by atoms with E-state index in [1.807, 2.05) is 0 Å². The molecule has 2 aromatic carbocycles. The van der Waals surface area contributed by atoms with Gasteiger partial charge >= 0.3 is 0 Å². The molecule has 7 nitrogen and oxygen atoms in total. The molecular weight excluding hydrogens is 327 g/mol. The van der Waals surface area contributed by atoms with E-state index in [0.29, 0.717) is 17.8 Å². The smallest absolute Gasteiger partial charge is 0.272 e. The van der Waals surface area contributed by atoms with E-state index in [4.69, 9.17) is 0 Å². The van der Waals surface area contributed by atoms with E-state index in [1.54, 1.807) is 36.1 Å². The van der Waals surface area contributed by atoms with E-state index >= 15 is 0 Å². The van der Waals surface area contributed by atoms with Crippen LogP contribution in [-0.2, 0) is 11.3 Å². The molecule has 0 aliphatic carbocycles. The highest BCUT2D eigenvalue weighted by molar-refractivity contribution is 5.76. The molecule has 0 amide bonds. The lowest BCUT2D eigenvalue weighted by Gasteiger charge is -2.26. The van der Waals surface area contributed by atoms with Gasteiger partial charge in [-0.15, -0.1) is 0 Å². The Morgan fingerprint density at radius 2 is 2.12 bits per heavy atom. The normalized spacial score (nSPS) is 16.3. The first-order valence-electron chi connectivity index (χ1n) is 7.53. The lowest BCUT2D eigenvalue weighted by molar-refractivity contribution is -0.385. The van der Waals surface area contributed by atoms with Crippen LogP contribution in [0, 0.1) is 22.9 Å². The number of nitro groups is 1. The van der Waals surface area contributed by atoms with Crippen LogP contribution in [-0.4, -0.2) is 28.6 Å². The number of anilines is 1. The second-order valence-corrected chi connectivity index (χ2v) is 5.66. The van der Waals surface area contributed by atoms with Crippen LogP contribution in [0.3, 0.4) is 0 Å². The second kappa shape index (κ2) is 6.68. The molecule has 25 heavy (non-hydrogen) atoms. The number of nitrogens with zero attached hydrogens (tertiary/aromatic N) is 4. The molecule has 2 aromatic rings. The average molecular weight is 342 g/mol. The van der Waals surface area contributed by atoms with Crippen molar-refractivity contribution in [3.63, 3.8) is 0 Å². The van der Waals surface area contributed by atoms with E-state index in [2.05, 4.69) is 5.10 Å². The minimum atomic E-state index is -0.711. The van der Waals surface area contributed by atoms with Crippen LogP contribution in [0.4, 0.5) is 15.8 Å². The zero-order chi connectivity index (χ0) is 18.0. The Labute approximate surface area is 143 Å². The number of carbonyl (C=O) groups excluding carboxylic acids is 1. The SMILES string of the molecule is Cc1cc(CN2C=NN(c3cccc(F)c3)C2C=O)ccc1[N+](=O)[O-]. The standard InChI is InChI=1S/C17H15FN4O3/c1-12-7-13(5-6-16(12)22(24)25)9-20-11-19-21(17(20)10-23)15-4-2-3-14(18)8-15/h2-8,10-11,17H,9H2,1H3. The van der Waals surface area contributed by atoms with Crippen LogP contribution in [0.25, 0.3) is 0 Å². The lowest BCUT2D eigenvalue weighted by Crippen LogP contribution is -2.40. The third-order valence-corrected chi connectivity index (χ3v) is 3.93. The Morgan fingerprint density at radius 3 is 2.76 bits per heavy atom. The molecule has 1 unspecified atom stereocenters. The average Bonchev–Trinajstić information content (AvgIpc) is 2.97. The molecule has 8 heteroatoms. The quantitative estimate of drug-likeness (QED) is 0.474. The fraction of sp³-hybridized carbons (Fsp3) is 0.176. The van der Waals surface area contributed by atoms with Gasteiger partial charge in [0.05, 0.1) is 10.6 Å². The number of benzene rings is 2. The minimum Gasteiger partial charge on any atom is -0.329 e. The number of halogens is 1. The molecule has 0 radical (unpaired) electrons. The van der Waals surface area contributed by atoms with Gasteiger partial charge in [-0.3, -0.25) is 14.9 Å². The molecule has 0 saturated heterocycles. The predicted molar refractivity (Wildman–Crippen MR) is 90.6 cm³/mol. The maximum atomic E-state index is 13.4. The number of hydrogen-bond acceptors (Lipinski definition) is 6. The van der Waals surface area contributed by atoms with Gasteiger partial charge in [-0.25, -0.2) is 9.40 Å². The van der Waals surface area contributed by atoms with E-state index < -0.39 is 16.9 Å². The fourth-order valence-corrected chi connectivity index (χ4v) is 2.74. The summed E-state index contributed by atoms with van der Waals surface area (Å²) in [7, 11) is 0. The molecule has 1 heterocycles. The number of aldehydes is 1. The highest BCUT2D eigenvalue weighted by atomic mass is 19.1. The Morgan fingerprint density at radius 1 is 1.32 bits per heavy atom. The molecule has 0 N–H and O–H groups in total. The summed E-state index contributed by atoms with van der Waals surface area (Å²) in [5, 5.41) is 16.5. The first kappa shape index (κ1) is 16.6. The zero-order valence-electron chi connectivity index (χ0n) is 13.4. The predicted octanol–water partition coefficient (Wildman–Crippen LogP) is 2.83. The van der Waals surface area contributed by atoms with Gasteiger partial charge in [0.25, 0.3) is 5.69 Å². The number of carbonyl (C=O) groups is 1. The summed E-state index contributed by atoms with van der Waals surface area (Å²) in [6, 6.07) is 10.6. The van der Waals surface area contributed by atoms with Gasteiger partial charge in [0, 0.05) is 18.2 Å². The fourth-order valence-electron chi connectivity index (χ4n) is 2.74. The van der Waals surface area contributed by atoms with Gasteiger partial charge in [-0.2, -0.15) is 5.10 Å². The van der Waals surface area contributed by atoms with Gasteiger partial charge < -0.3 is 4.90 Å². The summed E-state index contributed by atoms with van der Waals surface area (Å²) in [5.41, 5.74) is 1.87. The van der Waals surface area contributed by atoms with Gasteiger partial charge in [-0.05, 0) is 36.8 Å². The molecule has 128 valence electrons. The third kappa shape index (κ3) is 3.32. The van der Waals surface area contributed by atoms with Crippen molar-refractivity contribution in [2.45, 2.75) is 19.6 Å². The minimum absolute atomic E-state index is 0.0483. The van der Waals surface area contributed by atoms with E-state index in [1.165, 1.54) is 29.5 Å². The second-order valence-electron chi connectivity index (χ2n) is 5.66. The maximum Gasteiger partial charge on any atom is 0.272 e. The topological polar surface area (TPSA) is 79.0 Å². The Kier molecular flexibility index (Phi) is 4.42. The number of nitro benzene ring substituents is 1. The zero-order valence-corrected chi connectivity index (χ0v) is 13.4. The molecule has 0 bridgehead atoms. The molecule has 0 spiro atoms. The molecule has 0 saturated carbocycles. The van der Waals surface area contributed by atoms with Crippen LogP contribution in [0.15, 0.2) is 47.6 Å². The number of rotatable bonds is 5. The summed E-state index contributed by atoms with van der Waals surface area (Å²) >= 11 is 0. The van der Waals surface area contributed by atoms with Gasteiger partial charge in [-0.1, -0.05) is 12.1 Å². The third-order valence-electron chi connectivity index (χ3n) is 3.93. The van der Waals surface area contributed by atoms with Crippen molar-refractivity contribution in [2.75, 3.05) is 5.01 Å². The van der Waals surface area contributed by atoms with Crippen molar-refractivity contribution in [3.05, 3.63) is 69.5 Å². The molecule has 0 aromatic heterocycles. The first-order chi connectivity index (χ1) is 12.0. The Balaban J connectivity index is 1.80. The molecule has 3 rings (SSSR count). The van der Waals surface area contributed by atoms with Crippen molar-refractivity contribution in [3.8, 4) is 0 Å². The molecule has 1 aliphatic heterocycles.